The lowest BCUT2D eigenvalue weighted by molar-refractivity contribution is -0.696. The second kappa shape index (κ2) is 9.50. The molecular weight excluding hydrogens is 326 g/mol. The van der Waals surface area contributed by atoms with Crippen molar-refractivity contribution in [2.24, 2.45) is 0 Å². The topological polar surface area (TPSA) is 10.4 Å². The van der Waals surface area contributed by atoms with Gasteiger partial charge in [-0.05, 0) is 38.2 Å². The number of pyridine rings is 1. The second-order valence-electron chi connectivity index (χ2n) is 6.53. The highest BCUT2D eigenvalue weighted by Gasteiger charge is 2.09. The third kappa shape index (κ3) is 6.12. The molecule has 0 saturated carbocycles. The Morgan fingerprint density at radius 2 is 1.52 bits per heavy atom. The smallest absolute Gasteiger partial charge is 0.170 e. The van der Waals surface area contributed by atoms with Crippen LogP contribution in [-0.4, -0.2) is 44.4 Å². The van der Waals surface area contributed by atoms with Crippen LogP contribution in [0.1, 0.15) is 18.1 Å². The number of hydrogen-bond donors (Lipinski definition) is 1. The molecule has 0 saturated heterocycles. The summed E-state index contributed by atoms with van der Waals surface area (Å²) >= 11 is 4.35. The fourth-order valence-corrected chi connectivity index (χ4v) is 2.59. The molecule has 4 heteroatoms. The molecule has 1 aromatic heterocycles. The fraction of sp³-hybridized carbons (Fsp3) is 0.381. The van der Waals surface area contributed by atoms with Crippen LogP contribution in [-0.2, 0) is 6.54 Å². The Balaban J connectivity index is 1.94. The number of thiol groups is 1. The maximum atomic E-state index is 4.35. The molecule has 0 N–H and O–H groups in total. The molecule has 1 unspecified atom stereocenters. The maximum Gasteiger partial charge on any atom is 0.170 e. The number of hydrogen-bond acceptors (Lipinski definition) is 3. The molecule has 2 aromatic rings. The molecule has 25 heavy (non-hydrogen) atoms. The molecule has 0 aliphatic heterocycles. The van der Waals surface area contributed by atoms with E-state index >= 15 is 0 Å². The lowest BCUT2D eigenvalue weighted by Gasteiger charge is -2.21. The van der Waals surface area contributed by atoms with Crippen molar-refractivity contribution in [1.29, 1.82) is 0 Å². The van der Waals surface area contributed by atoms with Gasteiger partial charge in [-0.15, -0.1) is 0 Å². The van der Waals surface area contributed by atoms with Crippen LogP contribution in [0, 0.1) is 11.8 Å². The van der Waals surface area contributed by atoms with Crippen LogP contribution in [0.15, 0.2) is 48.8 Å². The van der Waals surface area contributed by atoms with Crippen molar-refractivity contribution in [1.82, 2.24) is 4.90 Å². The number of anilines is 1. The largest absolute Gasteiger partial charge is 0.378 e. The molecule has 0 aliphatic rings. The van der Waals surface area contributed by atoms with Crippen LogP contribution < -0.4 is 9.47 Å². The van der Waals surface area contributed by atoms with Gasteiger partial charge in [0.2, 0.25) is 0 Å². The molecule has 0 aliphatic carbocycles. The van der Waals surface area contributed by atoms with Crippen LogP contribution >= 0.6 is 12.6 Å². The molecule has 1 heterocycles. The zero-order chi connectivity index (χ0) is 18.2. The molecule has 132 valence electrons. The highest BCUT2D eigenvalue weighted by Crippen LogP contribution is 2.11. The van der Waals surface area contributed by atoms with Crippen LogP contribution in [0.3, 0.4) is 0 Å². The molecule has 0 fully saturated rings. The fourth-order valence-electron chi connectivity index (χ4n) is 2.31. The van der Waals surface area contributed by atoms with Crippen LogP contribution in [0.4, 0.5) is 5.69 Å². The minimum atomic E-state index is 0.493. The summed E-state index contributed by atoms with van der Waals surface area (Å²) < 4.78 is 2.19. The monoisotopic (exact) mass is 354 g/mol. The zero-order valence-electron chi connectivity index (χ0n) is 15.6. The normalized spacial score (nSPS) is 11.8. The summed E-state index contributed by atoms with van der Waals surface area (Å²) in [5.41, 5.74) is 3.25. The van der Waals surface area contributed by atoms with Crippen LogP contribution in [0.2, 0.25) is 0 Å². The molecule has 3 nitrogen and oxygen atoms in total. The van der Waals surface area contributed by atoms with Gasteiger partial charge in [-0.3, -0.25) is 4.90 Å². The number of nitrogens with zero attached hydrogens (tertiary/aromatic N) is 3. The first kappa shape index (κ1) is 19.4. The summed E-state index contributed by atoms with van der Waals surface area (Å²) in [5, 5.41) is 0. The van der Waals surface area contributed by atoms with Gasteiger partial charge in [0.05, 0.1) is 6.54 Å². The first-order valence-electron chi connectivity index (χ1n) is 8.59. The Kier molecular flexibility index (Phi) is 7.36. The highest BCUT2D eigenvalue weighted by molar-refractivity contribution is 7.80. The molecule has 0 spiro atoms. The number of benzene rings is 1. The van der Waals surface area contributed by atoms with Crippen LogP contribution in [0.5, 0.6) is 0 Å². The molecule has 0 amide bonds. The summed E-state index contributed by atoms with van der Waals surface area (Å²) in [6, 6.07) is 12.9. The van der Waals surface area contributed by atoms with E-state index in [1.54, 1.807) is 0 Å². The van der Waals surface area contributed by atoms with Gasteiger partial charge in [0.25, 0.3) is 0 Å². The first-order chi connectivity index (χ1) is 12.0. The second-order valence-corrected chi connectivity index (χ2v) is 6.89. The van der Waals surface area contributed by atoms with Gasteiger partial charge in [0, 0.05) is 54.8 Å². The van der Waals surface area contributed by atoms with E-state index in [1.165, 1.54) is 5.69 Å². The molecule has 1 atom stereocenters. The first-order valence-corrected chi connectivity index (χ1v) is 9.22. The van der Waals surface area contributed by atoms with Crippen molar-refractivity contribution in [3.8, 4) is 11.8 Å². The van der Waals surface area contributed by atoms with E-state index in [9.17, 15) is 0 Å². The van der Waals surface area contributed by atoms with E-state index < -0.39 is 0 Å². The minimum Gasteiger partial charge on any atom is -0.378 e. The van der Waals surface area contributed by atoms with Gasteiger partial charge >= 0.3 is 0 Å². The van der Waals surface area contributed by atoms with Crippen LogP contribution in [0.25, 0.3) is 0 Å². The SMILES string of the molecule is CC(CS)N(C)CC[n+]1ccc(C#Cc2ccc(N(C)C)cc2)cc1. The van der Waals surface area contributed by atoms with Crippen molar-refractivity contribution in [2.45, 2.75) is 19.5 Å². The van der Waals surface area contributed by atoms with E-state index in [1.807, 2.05) is 14.1 Å². The summed E-state index contributed by atoms with van der Waals surface area (Å²) in [6.45, 7) is 4.17. The Morgan fingerprint density at radius 3 is 2.04 bits per heavy atom. The van der Waals surface area contributed by atoms with E-state index in [4.69, 9.17) is 0 Å². The van der Waals surface area contributed by atoms with Crippen molar-refractivity contribution >= 4 is 18.3 Å². The highest BCUT2D eigenvalue weighted by atomic mass is 32.1. The molecule has 1 aromatic carbocycles. The lowest BCUT2D eigenvalue weighted by atomic mass is 10.2. The minimum absolute atomic E-state index is 0.493. The quantitative estimate of drug-likeness (QED) is 0.486. The van der Waals surface area contributed by atoms with Crippen molar-refractivity contribution < 1.29 is 4.57 Å². The summed E-state index contributed by atoms with van der Waals surface area (Å²) in [4.78, 5) is 4.41. The summed E-state index contributed by atoms with van der Waals surface area (Å²) in [7, 11) is 6.22. The predicted octanol–water partition coefficient (Wildman–Crippen LogP) is 2.69. The number of aromatic nitrogens is 1. The summed E-state index contributed by atoms with van der Waals surface area (Å²) in [5.74, 6) is 7.34. The third-order valence-electron chi connectivity index (χ3n) is 4.35. The standard InChI is InChI=1S/C21H27N3S/c1-18(17-25)23(4)15-16-24-13-11-20(12-14-24)6-5-19-7-9-21(10-8-19)22(2)3/h7-14,18H,15-17H2,1-4H3/p+1. The maximum absolute atomic E-state index is 4.35. The zero-order valence-corrected chi connectivity index (χ0v) is 16.5. The number of likely N-dealkylation sites (N-methyl/N-ethyl adjacent to an activating group) is 1. The molecule has 2 rings (SSSR count). The molecule has 0 bridgehead atoms. The average molecular weight is 355 g/mol. The van der Waals surface area contributed by atoms with Gasteiger partial charge in [0.1, 0.15) is 0 Å². The van der Waals surface area contributed by atoms with E-state index in [2.05, 4.69) is 102 Å². The lowest BCUT2D eigenvalue weighted by Crippen LogP contribution is -2.42. The Hall–Kier alpha value is -1.96. The van der Waals surface area contributed by atoms with Crippen molar-refractivity contribution in [3.05, 3.63) is 59.9 Å². The van der Waals surface area contributed by atoms with Gasteiger partial charge in [-0.2, -0.15) is 12.6 Å². The average Bonchev–Trinajstić information content (AvgIpc) is 2.64. The molecule has 0 radical (unpaired) electrons. The third-order valence-corrected chi connectivity index (χ3v) is 4.88. The van der Waals surface area contributed by atoms with E-state index in [0.717, 1.165) is 30.0 Å². The Morgan fingerprint density at radius 1 is 0.960 bits per heavy atom. The van der Waals surface area contributed by atoms with E-state index in [-0.39, 0.29) is 0 Å². The summed E-state index contributed by atoms with van der Waals surface area (Å²) in [6.07, 6.45) is 4.19. The number of rotatable bonds is 6. The van der Waals surface area contributed by atoms with Gasteiger partial charge < -0.3 is 4.90 Å². The van der Waals surface area contributed by atoms with Crippen molar-refractivity contribution in [2.75, 3.05) is 38.3 Å². The predicted molar refractivity (Wildman–Crippen MR) is 109 cm³/mol. The van der Waals surface area contributed by atoms with Gasteiger partial charge in [0.15, 0.2) is 18.9 Å². The molecular formula is C21H28N3S+. The van der Waals surface area contributed by atoms with Gasteiger partial charge in [-0.1, -0.05) is 11.8 Å². The van der Waals surface area contributed by atoms with Crippen molar-refractivity contribution in [3.63, 3.8) is 0 Å². The van der Waals surface area contributed by atoms with E-state index in [0.29, 0.717) is 6.04 Å². The van der Waals surface area contributed by atoms with Gasteiger partial charge in [-0.25, -0.2) is 4.57 Å². The Bertz CT molecular complexity index is 712. The Labute approximate surface area is 157 Å².